The minimum Gasteiger partial charge on any atom is -0.348 e. The number of carbonyl (C=O) groups excluding carboxylic acids is 1. The molecule has 1 heterocycles. The molecule has 4 rings (SSSR count). The van der Waals surface area contributed by atoms with Gasteiger partial charge < -0.3 is 5.32 Å². The van der Waals surface area contributed by atoms with Crippen LogP contribution in [0.2, 0.25) is 0 Å². The van der Waals surface area contributed by atoms with Crippen molar-refractivity contribution in [3.05, 3.63) is 89.7 Å². The normalized spacial score (nSPS) is 14.6. The highest BCUT2D eigenvalue weighted by molar-refractivity contribution is 5.79. The highest BCUT2D eigenvalue weighted by Gasteiger charge is 2.25. The summed E-state index contributed by atoms with van der Waals surface area (Å²) in [5.74, 6) is 0.643. The second-order valence-electron chi connectivity index (χ2n) is 7.29. The third kappa shape index (κ3) is 4.43. The fourth-order valence-electron chi connectivity index (χ4n) is 3.31. The van der Waals surface area contributed by atoms with E-state index >= 15 is 0 Å². The lowest BCUT2D eigenvalue weighted by Crippen LogP contribution is -2.28. The summed E-state index contributed by atoms with van der Waals surface area (Å²) in [5.41, 5.74) is 5.45. The van der Waals surface area contributed by atoms with Crippen molar-refractivity contribution in [3.63, 3.8) is 0 Å². The third-order valence-electron chi connectivity index (χ3n) is 5.03. The summed E-state index contributed by atoms with van der Waals surface area (Å²) in [7, 11) is 0. The zero-order valence-electron chi connectivity index (χ0n) is 15.6. The topological polar surface area (TPSA) is 42.0 Å². The lowest BCUT2D eigenvalue weighted by Gasteiger charge is -2.14. The standard InChI is InChI=1S/C24H24N2O/c1-17(22-8-5-9-23(26-22)21-14-15-21)25-24(27)16-18-10-12-20(13-11-18)19-6-3-2-4-7-19/h2-13,17,21H,14-16H2,1H3,(H,25,27). The largest absolute Gasteiger partial charge is 0.348 e. The molecule has 3 nitrogen and oxygen atoms in total. The van der Waals surface area contributed by atoms with Crippen LogP contribution in [0.5, 0.6) is 0 Å². The highest BCUT2D eigenvalue weighted by atomic mass is 16.1. The van der Waals surface area contributed by atoms with Crippen LogP contribution in [0.1, 0.15) is 48.7 Å². The first kappa shape index (κ1) is 17.5. The van der Waals surface area contributed by atoms with E-state index in [-0.39, 0.29) is 11.9 Å². The van der Waals surface area contributed by atoms with Gasteiger partial charge in [0.2, 0.25) is 5.91 Å². The summed E-state index contributed by atoms with van der Waals surface area (Å²) < 4.78 is 0. The Kier molecular flexibility index (Phi) is 5.01. The Hall–Kier alpha value is -2.94. The fraction of sp³-hybridized carbons (Fsp3) is 0.250. The molecule has 0 radical (unpaired) electrons. The highest BCUT2D eigenvalue weighted by Crippen LogP contribution is 2.39. The zero-order valence-corrected chi connectivity index (χ0v) is 15.6. The van der Waals surface area contributed by atoms with Crippen molar-refractivity contribution < 1.29 is 4.79 Å². The molecular weight excluding hydrogens is 332 g/mol. The molecule has 0 spiro atoms. The molecule has 1 N–H and O–H groups in total. The molecule has 1 aliphatic rings. The summed E-state index contributed by atoms with van der Waals surface area (Å²) >= 11 is 0. The van der Waals surface area contributed by atoms with Crippen molar-refractivity contribution in [2.24, 2.45) is 0 Å². The maximum Gasteiger partial charge on any atom is 0.224 e. The van der Waals surface area contributed by atoms with E-state index < -0.39 is 0 Å². The van der Waals surface area contributed by atoms with Gasteiger partial charge in [-0.3, -0.25) is 9.78 Å². The lowest BCUT2D eigenvalue weighted by molar-refractivity contribution is -0.121. The van der Waals surface area contributed by atoms with Gasteiger partial charge in [-0.1, -0.05) is 60.7 Å². The van der Waals surface area contributed by atoms with Crippen molar-refractivity contribution in [1.29, 1.82) is 0 Å². The van der Waals surface area contributed by atoms with Gasteiger partial charge in [0.15, 0.2) is 0 Å². The average Bonchev–Trinajstić information content (AvgIpc) is 3.55. The minimum atomic E-state index is -0.0835. The van der Waals surface area contributed by atoms with E-state index in [4.69, 9.17) is 4.98 Å². The summed E-state index contributed by atoms with van der Waals surface area (Å²) in [6, 6.07) is 24.5. The average molecular weight is 356 g/mol. The van der Waals surface area contributed by atoms with Gasteiger partial charge >= 0.3 is 0 Å². The van der Waals surface area contributed by atoms with Crippen LogP contribution in [-0.4, -0.2) is 10.9 Å². The number of aromatic nitrogens is 1. The van der Waals surface area contributed by atoms with Crippen molar-refractivity contribution in [2.75, 3.05) is 0 Å². The van der Waals surface area contributed by atoms with Crippen molar-refractivity contribution in [2.45, 2.75) is 38.1 Å². The Morgan fingerprint density at radius 2 is 1.67 bits per heavy atom. The van der Waals surface area contributed by atoms with Crippen LogP contribution in [0.3, 0.4) is 0 Å². The van der Waals surface area contributed by atoms with E-state index in [2.05, 4.69) is 35.6 Å². The van der Waals surface area contributed by atoms with Crippen LogP contribution in [0.25, 0.3) is 11.1 Å². The molecule has 1 aromatic heterocycles. The molecule has 2 aromatic carbocycles. The Morgan fingerprint density at radius 3 is 2.37 bits per heavy atom. The van der Waals surface area contributed by atoms with Crippen LogP contribution in [0, 0.1) is 0 Å². The zero-order chi connectivity index (χ0) is 18.6. The van der Waals surface area contributed by atoms with Crippen molar-refractivity contribution in [1.82, 2.24) is 10.3 Å². The minimum absolute atomic E-state index is 0.0218. The van der Waals surface area contributed by atoms with Crippen LogP contribution in [0.4, 0.5) is 0 Å². The molecule has 136 valence electrons. The number of nitrogens with zero attached hydrogens (tertiary/aromatic N) is 1. The first-order valence-corrected chi connectivity index (χ1v) is 9.59. The Bertz CT molecular complexity index is 915. The van der Waals surface area contributed by atoms with Crippen LogP contribution in [-0.2, 0) is 11.2 Å². The summed E-state index contributed by atoms with van der Waals surface area (Å²) in [5, 5.41) is 3.08. The van der Waals surface area contributed by atoms with E-state index in [1.54, 1.807) is 0 Å². The number of amides is 1. The lowest BCUT2D eigenvalue weighted by atomic mass is 10.0. The molecule has 1 atom stereocenters. The SMILES string of the molecule is CC(NC(=O)Cc1ccc(-c2ccccc2)cc1)c1cccc(C2CC2)n1. The summed E-state index contributed by atoms with van der Waals surface area (Å²) in [4.78, 5) is 17.2. The van der Waals surface area contributed by atoms with Crippen molar-refractivity contribution >= 4 is 5.91 Å². The Labute approximate surface area is 160 Å². The van der Waals surface area contributed by atoms with Gasteiger partial charge in [-0.15, -0.1) is 0 Å². The number of hydrogen-bond donors (Lipinski definition) is 1. The molecule has 27 heavy (non-hydrogen) atoms. The second-order valence-corrected chi connectivity index (χ2v) is 7.29. The second kappa shape index (κ2) is 7.75. The molecule has 1 amide bonds. The van der Waals surface area contributed by atoms with Gasteiger partial charge in [-0.25, -0.2) is 0 Å². The maximum absolute atomic E-state index is 12.4. The molecule has 0 bridgehead atoms. The molecule has 1 saturated carbocycles. The number of benzene rings is 2. The van der Waals surface area contributed by atoms with E-state index in [1.807, 2.05) is 49.4 Å². The number of nitrogens with one attached hydrogen (secondary N) is 1. The van der Waals surface area contributed by atoms with E-state index in [9.17, 15) is 4.79 Å². The van der Waals surface area contributed by atoms with E-state index in [0.717, 1.165) is 22.5 Å². The number of carbonyl (C=O) groups is 1. The van der Waals surface area contributed by atoms with Crippen LogP contribution >= 0.6 is 0 Å². The number of hydrogen-bond acceptors (Lipinski definition) is 2. The molecule has 1 fully saturated rings. The van der Waals surface area contributed by atoms with Gasteiger partial charge in [0.05, 0.1) is 18.2 Å². The van der Waals surface area contributed by atoms with Gasteiger partial charge in [0.1, 0.15) is 0 Å². The quantitative estimate of drug-likeness (QED) is 0.672. The molecule has 1 unspecified atom stereocenters. The van der Waals surface area contributed by atoms with Gasteiger partial charge in [-0.2, -0.15) is 0 Å². The van der Waals surface area contributed by atoms with Crippen LogP contribution < -0.4 is 5.32 Å². The third-order valence-corrected chi connectivity index (χ3v) is 5.03. The summed E-state index contributed by atoms with van der Waals surface area (Å²) in [6.07, 6.45) is 2.84. The molecule has 0 aliphatic heterocycles. The first-order chi connectivity index (χ1) is 13.2. The predicted octanol–water partition coefficient (Wildman–Crippen LogP) is 5.05. The smallest absolute Gasteiger partial charge is 0.224 e. The Morgan fingerprint density at radius 1 is 0.963 bits per heavy atom. The van der Waals surface area contributed by atoms with E-state index in [1.165, 1.54) is 18.4 Å². The molecule has 1 aliphatic carbocycles. The maximum atomic E-state index is 12.4. The molecule has 0 saturated heterocycles. The van der Waals surface area contributed by atoms with Gasteiger partial charge in [0, 0.05) is 11.6 Å². The van der Waals surface area contributed by atoms with Gasteiger partial charge in [-0.05, 0) is 48.6 Å². The van der Waals surface area contributed by atoms with Crippen molar-refractivity contribution in [3.8, 4) is 11.1 Å². The molecule has 3 aromatic rings. The molecular formula is C24H24N2O. The summed E-state index contributed by atoms with van der Waals surface area (Å²) in [6.45, 7) is 2.00. The van der Waals surface area contributed by atoms with Gasteiger partial charge in [0.25, 0.3) is 0 Å². The number of rotatable bonds is 6. The number of pyridine rings is 1. The molecule has 3 heteroatoms. The Balaban J connectivity index is 1.37. The monoisotopic (exact) mass is 356 g/mol. The van der Waals surface area contributed by atoms with Crippen LogP contribution in [0.15, 0.2) is 72.8 Å². The fourth-order valence-corrected chi connectivity index (χ4v) is 3.31. The van der Waals surface area contributed by atoms with E-state index in [0.29, 0.717) is 12.3 Å². The predicted molar refractivity (Wildman–Crippen MR) is 108 cm³/mol. The first-order valence-electron chi connectivity index (χ1n) is 9.59.